The first kappa shape index (κ1) is 10.9. The minimum Gasteiger partial charge on any atom is -0.465 e. The molecule has 0 radical (unpaired) electrons. The predicted octanol–water partition coefficient (Wildman–Crippen LogP) is 1.29. The SMILES string of the molecule is O=C(O)N1CC[C@@H](Nc2ncc(Cl)cn2)C1. The highest BCUT2D eigenvalue weighted by molar-refractivity contribution is 6.30. The van der Waals surface area contributed by atoms with E-state index in [1.807, 2.05) is 0 Å². The average Bonchev–Trinajstić information content (AvgIpc) is 2.70. The molecule has 6 nitrogen and oxygen atoms in total. The lowest BCUT2D eigenvalue weighted by Gasteiger charge is -2.13. The molecule has 16 heavy (non-hydrogen) atoms. The molecule has 1 atom stereocenters. The summed E-state index contributed by atoms with van der Waals surface area (Å²) >= 11 is 5.65. The molecule has 7 heteroatoms. The second-order valence-electron chi connectivity index (χ2n) is 3.58. The van der Waals surface area contributed by atoms with Crippen molar-refractivity contribution < 1.29 is 9.90 Å². The lowest BCUT2D eigenvalue weighted by molar-refractivity contribution is 0.155. The van der Waals surface area contributed by atoms with E-state index in [1.54, 1.807) is 0 Å². The zero-order valence-electron chi connectivity index (χ0n) is 8.43. The van der Waals surface area contributed by atoms with Crippen LogP contribution in [0.1, 0.15) is 6.42 Å². The summed E-state index contributed by atoms with van der Waals surface area (Å²) in [5, 5.41) is 12.3. The lowest BCUT2D eigenvalue weighted by Crippen LogP contribution is -2.30. The van der Waals surface area contributed by atoms with Crippen LogP contribution in [0.3, 0.4) is 0 Å². The van der Waals surface area contributed by atoms with E-state index >= 15 is 0 Å². The van der Waals surface area contributed by atoms with E-state index in [9.17, 15) is 4.79 Å². The van der Waals surface area contributed by atoms with Crippen LogP contribution in [0.25, 0.3) is 0 Å². The second kappa shape index (κ2) is 4.52. The summed E-state index contributed by atoms with van der Waals surface area (Å²) in [7, 11) is 0. The molecule has 2 heterocycles. The summed E-state index contributed by atoms with van der Waals surface area (Å²) in [6.07, 6.45) is 2.88. The van der Waals surface area contributed by atoms with Crippen molar-refractivity contribution in [2.45, 2.75) is 12.5 Å². The Morgan fingerprint density at radius 2 is 2.25 bits per heavy atom. The van der Waals surface area contributed by atoms with Crippen LogP contribution in [0.15, 0.2) is 12.4 Å². The summed E-state index contributed by atoms with van der Waals surface area (Å²) < 4.78 is 0. The number of anilines is 1. The molecule has 1 aliphatic heterocycles. The molecule has 2 N–H and O–H groups in total. The molecule has 1 amide bonds. The van der Waals surface area contributed by atoms with Crippen molar-refractivity contribution in [3.8, 4) is 0 Å². The van der Waals surface area contributed by atoms with Crippen LogP contribution in [-0.2, 0) is 0 Å². The third kappa shape index (κ3) is 2.52. The quantitative estimate of drug-likeness (QED) is 0.817. The van der Waals surface area contributed by atoms with Crippen LogP contribution in [0.2, 0.25) is 5.02 Å². The van der Waals surface area contributed by atoms with Crippen molar-refractivity contribution in [1.29, 1.82) is 0 Å². The Balaban J connectivity index is 1.92. The summed E-state index contributed by atoms with van der Waals surface area (Å²) in [6.45, 7) is 1.00. The fourth-order valence-corrected chi connectivity index (χ4v) is 1.72. The van der Waals surface area contributed by atoms with Crippen LogP contribution in [0.5, 0.6) is 0 Å². The van der Waals surface area contributed by atoms with Gasteiger partial charge in [0.25, 0.3) is 0 Å². The molecular formula is C9H11ClN4O2. The monoisotopic (exact) mass is 242 g/mol. The van der Waals surface area contributed by atoms with Gasteiger partial charge in [-0.1, -0.05) is 11.6 Å². The minimum atomic E-state index is -0.888. The van der Waals surface area contributed by atoms with E-state index in [4.69, 9.17) is 16.7 Å². The molecule has 1 aliphatic rings. The van der Waals surface area contributed by atoms with Gasteiger partial charge in [0.2, 0.25) is 5.95 Å². The van der Waals surface area contributed by atoms with Gasteiger partial charge in [0.15, 0.2) is 0 Å². The first-order valence-corrected chi connectivity index (χ1v) is 5.25. The molecule has 86 valence electrons. The van der Waals surface area contributed by atoms with Crippen molar-refractivity contribution in [3.63, 3.8) is 0 Å². The van der Waals surface area contributed by atoms with E-state index in [1.165, 1.54) is 17.3 Å². The molecule has 0 saturated carbocycles. The maximum atomic E-state index is 10.7. The number of halogens is 1. The highest BCUT2D eigenvalue weighted by Gasteiger charge is 2.25. The minimum absolute atomic E-state index is 0.0669. The van der Waals surface area contributed by atoms with Gasteiger partial charge in [-0.25, -0.2) is 14.8 Å². The Bertz CT molecular complexity index is 384. The van der Waals surface area contributed by atoms with Gasteiger partial charge in [-0.05, 0) is 6.42 Å². The molecular weight excluding hydrogens is 232 g/mol. The first-order chi connectivity index (χ1) is 7.65. The number of nitrogens with one attached hydrogen (secondary N) is 1. The number of carboxylic acid groups (broad SMARTS) is 1. The van der Waals surface area contributed by atoms with Gasteiger partial charge in [-0.2, -0.15) is 0 Å². The van der Waals surface area contributed by atoms with Gasteiger partial charge in [-0.15, -0.1) is 0 Å². The maximum absolute atomic E-state index is 10.7. The van der Waals surface area contributed by atoms with E-state index in [0.29, 0.717) is 24.1 Å². The Morgan fingerprint density at radius 1 is 1.56 bits per heavy atom. The zero-order valence-corrected chi connectivity index (χ0v) is 9.18. The molecule has 0 spiro atoms. The van der Waals surface area contributed by atoms with Gasteiger partial charge < -0.3 is 15.3 Å². The number of hydrogen-bond acceptors (Lipinski definition) is 4. The largest absolute Gasteiger partial charge is 0.465 e. The van der Waals surface area contributed by atoms with Crippen molar-refractivity contribution in [1.82, 2.24) is 14.9 Å². The predicted molar refractivity (Wildman–Crippen MR) is 58.7 cm³/mol. The van der Waals surface area contributed by atoms with Gasteiger partial charge in [0.1, 0.15) is 0 Å². The molecule has 1 aromatic rings. The van der Waals surface area contributed by atoms with Gasteiger partial charge in [0, 0.05) is 19.1 Å². The van der Waals surface area contributed by atoms with E-state index in [2.05, 4.69) is 15.3 Å². The third-order valence-electron chi connectivity index (χ3n) is 2.41. The number of rotatable bonds is 2. The molecule has 1 fully saturated rings. The van der Waals surface area contributed by atoms with E-state index < -0.39 is 6.09 Å². The lowest BCUT2D eigenvalue weighted by atomic mass is 10.3. The first-order valence-electron chi connectivity index (χ1n) is 4.87. The molecule has 1 saturated heterocycles. The van der Waals surface area contributed by atoms with Crippen molar-refractivity contribution in [3.05, 3.63) is 17.4 Å². The Labute approximate surface area is 97.3 Å². The highest BCUT2D eigenvalue weighted by Crippen LogP contribution is 2.13. The fraction of sp³-hybridized carbons (Fsp3) is 0.444. The molecule has 0 aromatic carbocycles. The van der Waals surface area contributed by atoms with Crippen molar-refractivity contribution in [2.75, 3.05) is 18.4 Å². The number of amides is 1. The Kier molecular flexibility index (Phi) is 3.09. The van der Waals surface area contributed by atoms with E-state index in [-0.39, 0.29) is 6.04 Å². The van der Waals surface area contributed by atoms with Crippen LogP contribution >= 0.6 is 11.6 Å². The molecule has 0 bridgehead atoms. The number of aromatic nitrogens is 2. The number of nitrogens with zero attached hydrogens (tertiary/aromatic N) is 3. The molecule has 2 rings (SSSR count). The van der Waals surface area contributed by atoms with Crippen LogP contribution in [0.4, 0.5) is 10.7 Å². The summed E-state index contributed by atoms with van der Waals surface area (Å²) in [4.78, 5) is 20.0. The molecule has 1 aromatic heterocycles. The second-order valence-corrected chi connectivity index (χ2v) is 4.02. The maximum Gasteiger partial charge on any atom is 0.407 e. The van der Waals surface area contributed by atoms with E-state index in [0.717, 1.165) is 6.42 Å². The summed E-state index contributed by atoms with van der Waals surface area (Å²) in [5.41, 5.74) is 0. The molecule has 0 unspecified atom stereocenters. The molecule has 0 aliphatic carbocycles. The van der Waals surface area contributed by atoms with Gasteiger partial charge in [0.05, 0.1) is 17.4 Å². The Hall–Kier alpha value is -1.56. The summed E-state index contributed by atoms with van der Waals surface area (Å²) in [5.74, 6) is 0.474. The van der Waals surface area contributed by atoms with Crippen molar-refractivity contribution >= 4 is 23.6 Å². The zero-order chi connectivity index (χ0) is 11.5. The average molecular weight is 243 g/mol. The smallest absolute Gasteiger partial charge is 0.407 e. The number of likely N-dealkylation sites (tertiary alicyclic amines) is 1. The van der Waals surface area contributed by atoms with Crippen LogP contribution in [-0.4, -0.2) is 45.2 Å². The summed E-state index contributed by atoms with van der Waals surface area (Å²) in [6, 6.07) is 0.0669. The number of carbonyl (C=O) groups is 1. The number of hydrogen-bond donors (Lipinski definition) is 2. The van der Waals surface area contributed by atoms with Crippen LogP contribution < -0.4 is 5.32 Å². The van der Waals surface area contributed by atoms with Crippen molar-refractivity contribution in [2.24, 2.45) is 0 Å². The van der Waals surface area contributed by atoms with Gasteiger partial charge >= 0.3 is 6.09 Å². The Morgan fingerprint density at radius 3 is 2.81 bits per heavy atom. The highest BCUT2D eigenvalue weighted by atomic mass is 35.5. The fourth-order valence-electron chi connectivity index (χ4n) is 1.62. The van der Waals surface area contributed by atoms with Gasteiger partial charge in [-0.3, -0.25) is 0 Å². The van der Waals surface area contributed by atoms with Crippen LogP contribution in [0, 0.1) is 0 Å². The third-order valence-corrected chi connectivity index (χ3v) is 2.61. The standard InChI is InChI=1S/C9H11ClN4O2/c10-6-3-11-8(12-4-6)13-7-1-2-14(5-7)9(15)16/h3-4,7H,1-2,5H2,(H,15,16)(H,11,12,13)/t7-/m1/s1. The topological polar surface area (TPSA) is 78.4 Å². The normalized spacial score (nSPS) is 19.8.